The van der Waals surface area contributed by atoms with Crippen molar-refractivity contribution in [3.8, 4) is 0 Å². The Morgan fingerprint density at radius 3 is 2.26 bits per heavy atom. The van der Waals surface area contributed by atoms with E-state index in [0.717, 1.165) is 16.0 Å². The van der Waals surface area contributed by atoms with Crippen molar-refractivity contribution in [2.45, 2.75) is 37.1 Å². The first-order valence-electron chi connectivity index (χ1n) is 7.49. The number of hydrogen-bond acceptors (Lipinski definition) is 3. The van der Waals surface area contributed by atoms with Gasteiger partial charge in [-0.3, -0.25) is 9.00 Å². The van der Waals surface area contributed by atoms with E-state index >= 15 is 0 Å². The molecule has 23 heavy (non-hydrogen) atoms. The van der Waals surface area contributed by atoms with Crippen LogP contribution in [0.5, 0.6) is 0 Å². The SMILES string of the molecule is CC(C)S(=O)c1ccc(C(=O)NCc2ccccc2CO)cc1. The molecule has 1 amide bonds. The summed E-state index contributed by atoms with van der Waals surface area (Å²) in [6.45, 7) is 4.10. The van der Waals surface area contributed by atoms with Crippen LogP contribution in [0.1, 0.15) is 35.3 Å². The third-order valence-electron chi connectivity index (χ3n) is 3.51. The standard InChI is InChI=1S/C18H21NO3S/c1-13(2)23(22)17-9-7-14(8-10-17)18(21)19-11-15-5-3-4-6-16(15)12-20/h3-10,13,20H,11-12H2,1-2H3,(H,19,21). The second kappa shape index (κ2) is 8.04. The van der Waals surface area contributed by atoms with E-state index in [0.29, 0.717) is 12.1 Å². The second-order valence-corrected chi connectivity index (χ2v) is 7.49. The molecule has 0 aliphatic heterocycles. The van der Waals surface area contributed by atoms with Crippen molar-refractivity contribution in [1.82, 2.24) is 5.32 Å². The summed E-state index contributed by atoms with van der Waals surface area (Å²) in [7, 11) is -1.05. The zero-order chi connectivity index (χ0) is 16.8. The van der Waals surface area contributed by atoms with Crippen molar-refractivity contribution in [1.29, 1.82) is 0 Å². The molecule has 4 nitrogen and oxygen atoms in total. The summed E-state index contributed by atoms with van der Waals surface area (Å²) < 4.78 is 12.0. The Morgan fingerprint density at radius 1 is 1.09 bits per heavy atom. The first-order chi connectivity index (χ1) is 11.0. The third kappa shape index (κ3) is 4.50. The average Bonchev–Trinajstić information content (AvgIpc) is 2.59. The number of carbonyl (C=O) groups is 1. The molecule has 0 fully saturated rings. The largest absolute Gasteiger partial charge is 0.392 e. The Kier molecular flexibility index (Phi) is 6.07. The molecule has 0 heterocycles. The van der Waals surface area contributed by atoms with Gasteiger partial charge < -0.3 is 10.4 Å². The lowest BCUT2D eigenvalue weighted by Crippen LogP contribution is -2.23. The lowest BCUT2D eigenvalue weighted by molar-refractivity contribution is 0.0950. The Hall–Kier alpha value is -1.98. The van der Waals surface area contributed by atoms with Crippen LogP contribution in [0.4, 0.5) is 0 Å². The second-order valence-electron chi connectivity index (χ2n) is 5.48. The van der Waals surface area contributed by atoms with Gasteiger partial charge in [0.2, 0.25) is 0 Å². The maximum atomic E-state index is 12.2. The normalized spacial score (nSPS) is 12.2. The molecule has 0 bridgehead atoms. The van der Waals surface area contributed by atoms with E-state index in [1.807, 2.05) is 38.1 Å². The maximum Gasteiger partial charge on any atom is 0.251 e. The van der Waals surface area contributed by atoms with Gasteiger partial charge >= 0.3 is 0 Å². The first-order valence-corrected chi connectivity index (χ1v) is 8.70. The highest BCUT2D eigenvalue weighted by atomic mass is 32.2. The minimum absolute atomic E-state index is 0.0460. The molecule has 2 aromatic carbocycles. The summed E-state index contributed by atoms with van der Waals surface area (Å²) in [5.74, 6) is -0.195. The fourth-order valence-electron chi connectivity index (χ4n) is 2.17. The summed E-state index contributed by atoms with van der Waals surface area (Å²) in [5, 5.41) is 12.2. The Balaban J connectivity index is 2.02. The highest BCUT2D eigenvalue weighted by Gasteiger charge is 2.11. The number of aliphatic hydroxyl groups is 1. The predicted octanol–water partition coefficient (Wildman–Crippen LogP) is 2.62. The molecule has 0 aliphatic carbocycles. The van der Waals surface area contributed by atoms with Gasteiger partial charge in [-0.2, -0.15) is 0 Å². The van der Waals surface area contributed by atoms with Gasteiger partial charge in [0.15, 0.2) is 0 Å². The molecule has 0 radical (unpaired) electrons. The molecule has 2 aromatic rings. The van der Waals surface area contributed by atoms with Crippen LogP contribution in [0.15, 0.2) is 53.4 Å². The van der Waals surface area contributed by atoms with Crippen molar-refractivity contribution in [2.24, 2.45) is 0 Å². The number of nitrogens with one attached hydrogen (secondary N) is 1. The molecule has 0 saturated carbocycles. The molecule has 122 valence electrons. The molecule has 1 unspecified atom stereocenters. The monoisotopic (exact) mass is 331 g/mol. The van der Waals surface area contributed by atoms with Crippen LogP contribution in [0, 0.1) is 0 Å². The maximum absolute atomic E-state index is 12.2. The van der Waals surface area contributed by atoms with Crippen LogP contribution in [-0.2, 0) is 24.0 Å². The van der Waals surface area contributed by atoms with Gasteiger partial charge in [-0.05, 0) is 35.4 Å². The molecule has 0 saturated heterocycles. The van der Waals surface area contributed by atoms with Crippen molar-refractivity contribution in [3.05, 3.63) is 65.2 Å². The summed E-state index contributed by atoms with van der Waals surface area (Å²) >= 11 is 0. The van der Waals surface area contributed by atoms with Crippen LogP contribution in [-0.4, -0.2) is 20.5 Å². The molecule has 0 aromatic heterocycles. The molecule has 1 atom stereocenters. The van der Waals surface area contributed by atoms with Gasteiger partial charge in [0, 0.05) is 22.3 Å². The van der Waals surface area contributed by atoms with Crippen molar-refractivity contribution in [3.63, 3.8) is 0 Å². The Morgan fingerprint density at radius 2 is 1.70 bits per heavy atom. The molecule has 2 N–H and O–H groups in total. The van der Waals surface area contributed by atoms with Gasteiger partial charge in [-0.15, -0.1) is 0 Å². The topological polar surface area (TPSA) is 66.4 Å². The predicted molar refractivity (Wildman–Crippen MR) is 91.5 cm³/mol. The van der Waals surface area contributed by atoms with Gasteiger partial charge in [-0.1, -0.05) is 38.1 Å². The Labute approximate surface area is 139 Å². The molecule has 0 aliphatic rings. The highest BCUT2D eigenvalue weighted by Crippen LogP contribution is 2.13. The van der Waals surface area contributed by atoms with E-state index < -0.39 is 10.8 Å². The molecular weight excluding hydrogens is 310 g/mol. The molecule has 2 rings (SSSR count). The number of amides is 1. The Bertz CT molecular complexity index is 696. The summed E-state index contributed by atoms with van der Waals surface area (Å²) in [5.41, 5.74) is 2.22. The average molecular weight is 331 g/mol. The van der Waals surface area contributed by atoms with E-state index in [2.05, 4.69) is 5.32 Å². The van der Waals surface area contributed by atoms with Crippen LogP contribution in [0.25, 0.3) is 0 Å². The van der Waals surface area contributed by atoms with Crippen LogP contribution < -0.4 is 5.32 Å². The van der Waals surface area contributed by atoms with Crippen LogP contribution >= 0.6 is 0 Å². The van der Waals surface area contributed by atoms with E-state index in [1.54, 1.807) is 24.3 Å². The smallest absolute Gasteiger partial charge is 0.251 e. The summed E-state index contributed by atoms with van der Waals surface area (Å²) in [6.07, 6.45) is 0. The van der Waals surface area contributed by atoms with Gasteiger partial charge in [0.25, 0.3) is 5.91 Å². The van der Waals surface area contributed by atoms with Gasteiger partial charge in [0.1, 0.15) is 0 Å². The first kappa shape index (κ1) is 17.4. The number of aliphatic hydroxyl groups excluding tert-OH is 1. The summed E-state index contributed by atoms with van der Waals surface area (Å²) in [4.78, 5) is 12.9. The number of carbonyl (C=O) groups excluding carboxylic acids is 1. The van der Waals surface area contributed by atoms with Crippen LogP contribution in [0.2, 0.25) is 0 Å². The number of benzene rings is 2. The molecule has 0 spiro atoms. The lowest BCUT2D eigenvalue weighted by Gasteiger charge is -2.10. The minimum Gasteiger partial charge on any atom is -0.392 e. The van der Waals surface area contributed by atoms with E-state index in [1.165, 1.54) is 0 Å². The van der Waals surface area contributed by atoms with Crippen molar-refractivity contribution >= 4 is 16.7 Å². The van der Waals surface area contributed by atoms with Crippen molar-refractivity contribution in [2.75, 3.05) is 0 Å². The van der Waals surface area contributed by atoms with Crippen molar-refractivity contribution < 1.29 is 14.1 Å². The summed E-state index contributed by atoms with van der Waals surface area (Å²) in [6, 6.07) is 14.3. The molecular formula is C18H21NO3S. The molecule has 5 heteroatoms. The fraction of sp³-hybridized carbons (Fsp3) is 0.278. The van der Waals surface area contributed by atoms with E-state index in [4.69, 9.17) is 0 Å². The zero-order valence-corrected chi connectivity index (χ0v) is 14.1. The van der Waals surface area contributed by atoms with Gasteiger partial charge in [0.05, 0.1) is 17.4 Å². The van der Waals surface area contributed by atoms with Crippen LogP contribution in [0.3, 0.4) is 0 Å². The quantitative estimate of drug-likeness (QED) is 0.855. The minimum atomic E-state index is -1.05. The zero-order valence-electron chi connectivity index (χ0n) is 13.3. The lowest BCUT2D eigenvalue weighted by atomic mass is 10.1. The third-order valence-corrected chi connectivity index (χ3v) is 5.10. The fourth-order valence-corrected chi connectivity index (χ4v) is 3.12. The number of hydrogen-bond donors (Lipinski definition) is 2. The van der Waals surface area contributed by atoms with E-state index in [9.17, 15) is 14.1 Å². The van der Waals surface area contributed by atoms with Gasteiger partial charge in [-0.25, -0.2) is 0 Å². The van der Waals surface area contributed by atoms with E-state index in [-0.39, 0.29) is 17.8 Å². The number of rotatable bonds is 6. The highest BCUT2D eigenvalue weighted by molar-refractivity contribution is 7.85.